The van der Waals surface area contributed by atoms with Gasteiger partial charge in [0.1, 0.15) is 28.0 Å². The number of para-hydroxylation sites is 1. The second-order valence-electron chi connectivity index (χ2n) is 5.98. The van der Waals surface area contributed by atoms with Crippen molar-refractivity contribution >= 4 is 17.2 Å². The Balaban J connectivity index is 1.51. The molecule has 0 aliphatic carbocycles. The summed E-state index contributed by atoms with van der Waals surface area (Å²) >= 11 is 1.37. The van der Waals surface area contributed by atoms with Gasteiger partial charge in [0.25, 0.3) is 5.91 Å². The number of benzene rings is 2. The standard InChI is InChI=1S/C21H22N2O3S/c1-15-20(27-19(23-15)14-26-18-6-4-3-5-7-18)21(24)22-13-12-16-8-10-17(25-2)11-9-16/h3-11H,12-14H2,1-2H3,(H,22,24). The van der Waals surface area contributed by atoms with E-state index in [1.165, 1.54) is 11.3 Å². The topological polar surface area (TPSA) is 60.5 Å². The number of aromatic nitrogens is 1. The molecule has 0 aliphatic rings. The molecule has 0 bridgehead atoms. The predicted octanol–water partition coefficient (Wildman–Crippen LogP) is 4.01. The van der Waals surface area contributed by atoms with E-state index in [0.717, 1.165) is 34.2 Å². The van der Waals surface area contributed by atoms with Gasteiger partial charge in [-0.05, 0) is 43.2 Å². The molecule has 1 aromatic heterocycles. The van der Waals surface area contributed by atoms with Gasteiger partial charge in [0, 0.05) is 6.54 Å². The second-order valence-corrected chi connectivity index (χ2v) is 7.06. The van der Waals surface area contributed by atoms with Crippen molar-refractivity contribution in [2.24, 2.45) is 0 Å². The Labute approximate surface area is 163 Å². The first-order chi connectivity index (χ1) is 13.2. The molecule has 27 heavy (non-hydrogen) atoms. The molecule has 140 valence electrons. The number of carbonyl (C=O) groups excluding carboxylic acids is 1. The summed E-state index contributed by atoms with van der Waals surface area (Å²) in [7, 11) is 1.64. The van der Waals surface area contributed by atoms with Gasteiger partial charge >= 0.3 is 0 Å². The molecule has 0 atom stereocenters. The summed E-state index contributed by atoms with van der Waals surface area (Å²) in [5.41, 5.74) is 1.88. The van der Waals surface area contributed by atoms with Gasteiger partial charge in [-0.1, -0.05) is 30.3 Å². The molecule has 0 saturated heterocycles. The molecule has 1 heterocycles. The number of aryl methyl sites for hydroxylation is 1. The van der Waals surface area contributed by atoms with E-state index >= 15 is 0 Å². The molecule has 0 saturated carbocycles. The van der Waals surface area contributed by atoms with Gasteiger partial charge in [-0.25, -0.2) is 4.98 Å². The zero-order chi connectivity index (χ0) is 19.1. The number of hydrogen-bond acceptors (Lipinski definition) is 5. The van der Waals surface area contributed by atoms with Crippen LogP contribution in [0.15, 0.2) is 54.6 Å². The third-order valence-electron chi connectivity index (χ3n) is 4.01. The van der Waals surface area contributed by atoms with E-state index < -0.39 is 0 Å². The second kappa shape index (κ2) is 9.19. The Morgan fingerprint density at radius 2 is 1.81 bits per heavy atom. The number of ether oxygens (including phenoxy) is 2. The summed E-state index contributed by atoms with van der Waals surface area (Å²) in [5, 5.41) is 3.75. The van der Waals surface area contributed by atoms with Crippen LogP contribution >= 0.6 is 11.3 Å². The maximum absolute atomic E-state index is 12.4. The number of amides is 1. The normalized spacial score (nSPS) is 10.4. The molecule has 0 spiro atoms. The quantitative estimate of drug-likeness (QED) is 0.639. The summed E-state index contributed by atoms with van der Waals surface area (Å²) in [6.07, 6.45) is 0.761. The van der Waals surface area contributed by atoms with Crippen molar-refractivity contribution in [3.63, 3.8) is 0 Å². The van der Waals surface area contributed by atoms with Gasteiger partial charge in [-0.2, -0.15) is 0 Å². The molecule has 3 rings (SSSR count). The first kappa shape index (κ1) is 18.9. The summed E-state index contributed by atoms with van der Waals surface area (Å²) in [4.78, 5) is 17.5. The van der Waals surface area contributed by atoms with Gasteiger partial charge in [-0.15, -0.1) is 11.3 Å². The van der Waals surface area contributed by atoms with Gasteiger partial charge in [0.15, 0.2) is 0 Å². The van der Waals surface area contributed by atoms with Crippen molar-refractivity contribution < 1.29 is 14.3 Å². The molecular weight excluding hydrogens is 360 g/mol. The fraction of sp³-hybridized carbons (Fsp3) is 0.238. The average Bonchev–Trinajstić information content (AvgIpc) is 3.08. The number of methoxy groups -OCH3 is 1. The van der Waals surface area contributed by atoms with E-state index in [0.29, 0.717) is 18.0 Å². The van der Waals surface area contributed by atoms with E-state index in [1.54, 1.807) is 7.11 Å². The van der Waals surface area contributed by atoms with Gasteiger partial charge in [0.05, 0.1) is 12.8 Å². The lowest BCUT2D eigenvalue weighted by Gasteiger charge is -2.05. The molecule has 0 radical (unpaired) electrons. The van der Waals surface area contributed by atoms with Crippen molar-refractivity contribution in [3.8, 4) is 11.5 Å². The molecule has 1 amide bonds. The zero-order valence-corrected chi connectivity index (χ0v) is 16.2. The van der Waals surface area contributed by atoms with E-state index in [4.69, 9.17) is 9.47 Å². The van der Waals surface area contributed by atoms with Crippen molar-refractivity contribution in [1.29, 1.82) is 0 Å². The van der Waals surface area contributed by atoms with Gasteiger partial charge in [0.2, 0.25) is 0 Å². The first-order valence-corrected chi connectivity index (χ1v) is 9.52. The van der Waals surface area contributed by atoms with Crippen LogP contribution in [0.3, 0.4) is 0 Å². The third kappa shape index (κ3) is 5.31. The van der Waals surface area contributed by atoms with Crippen LogP contribution in [0.25, 0.3) is 0 Å². The molecular formula is C21H22N2O3S. The van der Waals surface area contributed by atoms with Crippen LogP contribution in [0.1, 0.15) is 25.9 Å². The van der Waals surface area contributed by atoms with Crippen LogP contribution in [0, 0.1) is 6.92 Å². The van der Waals surface area contributed by atoms with Crippen LogP contribution in [-0.2, 0) is 13.0 Å². The van der Waals surface area contributed by atoms with Crippen LogP contribution in [0.4, 0.5) is 0 Å². The minimum atomic E-state index is -0.0931. The minimum Gasteiger partial charge on any atom is -0.497 e. The highest BCUT2D eigenvalue weighted by molar-refractivity contribution is 7.13. The summed E-state index contributed by atoms with van der Waals surface area (Å²) < 4.78 is 10.9. The molecule has 6 heteroatoms. The maximum Gasteiger partial charge on any atom is 0.263 e. The van der Waals surface area contributed by atoms with Crippen LogP contribution < -0.4 is 14.8 Å². The number of thiazole rings is 1. The summed E-state index contributed by atoms with van der Waals surface area (Å²) in [6, 6.07) is 17.4. The number of rotatable bonds is 8. The minimum absolute atomic E-state index is 0.0931. The molecule has 5 nitrogen and oxygen atoms in total. The smallest absolute Gasteiger partial charge is 0.263 e. The van der Waals surface area contributed by atoms with E-state index in [1.807, 2.05) is 61.5 Å². The van der Waals surface area contributed by atoms with Crippen molar-refractivity contribution in [1.82, 2.24) is 10.3 Å². The fourth-order valence-electron chi connectivity index (χ4n) is 2.58. The molecule has 0 aliphatic heterocycles. The Bertz CT molecular complexity index is 876. The van der Waals surface area contributed by atoms with Crippen molar-refractivity contribution in [2.75, 3.05) is 13.7 Å². The van der Waals surface area contributed by atoms with E-state index in [2.05, 4.69) is 10.3 Å². The lowest BCUT2D eigenvalue weighted by Crippen LogP contribution is -2.25. The van der Waals surface area contributed by atoms with E-state index in [-0.39, 0.29) is 5.91 Å². The average molecular weight is 382 g/mol. The zero-order valence-electron chi connectivity index (χ0n) is 15.4. The number of hydrogen-bond donors (Lipinski definition) is 1. The SMILES string of the molecule is COc1ccc(CCNC(=O)c2sc(COc3ccccc3)nc2C)cc1. The third-order valence-corrected chi connectivity index (χ3v) is 5.14. The number of nitrogens with zero attached hydrogens (tertiary/aromatic N) is 1. The lowest BCUT2D eigenvalue weighted by atomic mass is 10.1. The van der Waals surface area contributed by atoms with Crippen LogP contribution in [-0.4, -0.2) is 24.5 Å². The number of carbonyl (C=O) groups is 1. The molecule has 2 aromatic carbocycles. The molecule has 0 fully saturated rings. The molecule has 1 N–H and O–H groups in total. The summed E-state index contributed by atoms with van der Waals surface area (Å²) in [5.74, 6) is 1.52. The molecule has 0 unspecified atom stereocenters. The predicted molar refractivity (Wildman–Crippen MR) is 107 cm³/mol. The Morgan fingerprint density at radius 3 is 2.52 bits per heavy atom. The van der Waals surface area contributed by atoms with Crippen LogP contribution in [0.5, 0.6) is 11.5 Å². The van der Waals surface area contributed by atoms with Crippen molar-refractivity contribution in [3.05, 3.63) is 75.7 Å². The molecule has 3 aromatic rings. The van der Waals surface area contributed by atoms with Crippen molar-refractivity contribution in [2.45, 2.75) is 20.0 Å². The Kier molecular flexibility index (Phi) is 6.44. The lowest BCUT2D eigenvalue weighted by molar-refractivity contribution is 0.0957. The highest BCUT2D eigenvalue weighted by atomic mass is 32.1. The Morgan fingerprint density at radius 1 is 1.07 bits per heavy atom. The van der Waals surface area contributed by atoms with E-state index in [9.17, 15) is 4.79 Å². The van der Waals surface area contributed by atoms with Crippen LogP contribution in [0.2, 0.25) is 0 Å². The Hall–Kier alpha value is -2.86. The highest BCUT2D eigenvalue weighted by Gasteiger charge is 2.15. The highest BCUT2D eigenvalue weighted by Crippen LogP contribution is 2.20. The summed E-state index contributed by atoms with van der Waals surface area (Å²) in [6.45, 7) is 2.77. The first-order valence-electron chi connectivity index (χ1n) is 8.71. The van der Waals surface area contributed by atoms with Gasteiger partial charge in [-0.3, -0.25) is 4.79 Å². The largest absolute Gasteiger partial charge is 0.497 e. The fourth-order valence-corrected chi connectivity index (χ4v) is 3.47. The number of nitrogens with one attached hydrogen (secondary N) is 1. The monoisotopic (exact) mass is 382 g/mol. The van der Waals surface area contributed by atoms with Gasteiger partial charge < -0.3 is 14.8 Å². The maximum atomic E-state index is 12.4.